The number of aromatic carboxylic acids is 1. The molecule has 1 N–H and O–H groups in total. The van der Waals surface area contributed by atoms with Gasteiger partial charge in [0.15, 0.2) is 4.88 Å². The van der Waals surface area contributed by atoms with E-state index in [1.165, 1.54) is 7.11 Å². The topological polar surface area (TPSA) is 89.7 Å². The lowest BCUT2D eigenvalue weighted by Gasteiger charge is -1.96. The monoisotopic (exact) mass is 203 g/mol. The number of carboxylic acid groups (broad SMARTS) is 1. The number of hydrogen-bond donors (Lipinski definition) is 1. The molecular formula is C6H5NO5S. The maximum Gasteiger partial charge on any atom is 0.350 e. The van der Waals surface area contributed by atoms with E-state index in [1.54, 1.807) is 0 Å². The van der Waals surface area contributed by atoms with Crippen LogP contribution in [0.2, 0.25) is 0 Å². The minimum atomic E-state index is -1.23. The fraction of sp³-hybridized carbons (Fsp3) is 0.167. The molecule has 13 heavy (non-hydrogen) atoms. The minimum Gasteiger partial charge on any atom is -0.489 e. The lowest BCUT2D eigenvalue weighted by molar-refractivity contribution is -0.385. The van der Waals surface area contributed by atoms with Crippen LogP contribution in [0.15, 0.2) is 5.38 Å². The summed E-state index contributed by atoms with van der Waals surface area (Å²) in [5, 5.41) is 20.1. The summed E-state index contributed by atoms with van der Waals surface area (Å²) in [5.74, 6) is -1.42. The first kappa shape index (κ1) is 9.46. The number of hydrogen-bond acceptors (Lipinski definition) is 5. The largest absolute Gasteiger partial charge is 0.489 e. The van der Waals surface area contributed by atoms with Gasteiger partial charge in [-0.2, -0.15) is 0 Å². The van der Waals surface area contributed by atoms with E-state index >= 15 is 0 Å². The highest BCUT2D eigenvalue weighted by atomic mass is 32.1. The highest BCUT2D eigenvalue weighted by Gasteiger charge is 2.25. The second-order valence-electron chi connectivity index (χ2n) is 2.05. The Hall–Kier alpha value is -1.63. The smallest absolute Gasteiger partial charge is 0.350 e. The van der Waals surface area contributed by atoms with Crippen molar-refractivity contribution in [2.75, 3.05) is 7.11 Å². The van der Waals surface area contributed by atoms with E-state index in [9.17, 15) is 14.9 Å². The average Bonchev–Trinajstić information content (AvgIpc) is 2.46. The lowest BCUT2D eigenvalue weighted by Crippen LogP contribution is -1.97. The van der Waals surface area contributed by atoms with Crippen LogP contribution in [0.4, 0.5) is 5.69 Å². The van der Waals surface area contributed by atoms with Gasteiger partial charge in [-0.15, -0.1) is 11.3 Å². The normalized spacial score (nSPS) is 9.62. The van der Waals surface area contributed by atoms with Crippen LogP contribution < -0.4 is 4.74 Å². The summed E-state index contributed by atoms with van der Waals surface area (Å²) in [6.45, 7) is 0. The maximum atomic E-state index is 10.5. The molecule has 6 nitrogen and oxygen atoms in total. The minimum absolute atomic E-state index is 0.158. The standard InChI is InChI=1S/C6H5NO5S/c1-12-4-3(7(10)11)2-13-5(4)6(8)9/h2H,1H3,(H,8,9). The van der Waals surface area contributed by atoms with E-state index in [0.29, 0.717) is 0 Å². The third-order valence-electron chi connectivity index (χ3n) is 1.32. The number of nitrogens with zero attached hydrogens (tertiary/aromatic N) is 1. The van der Waals surface area contributed by atoms with Gasteiger partial charge in [-0.1, -0.05) is 0 Å². The van der Waals surface area contributed by atoms with Crippen LogP contribution in [0.25, 0.3) is 0 Å². The van der Waals surface area contributed by atoms with Crippen molar-refractivity contribution in [3.63, 3.8) is 0 Å². The number of nitro groups is 1. The molecule has 0 saturated heterocycles. The molecule has 1 heterocycles. The Morgan fingerprint density at radius 2 is 2.38 bits per heavy atom. The Kier molecular flexibility index (Phi) is 2.47. The summed E-state index contributed by atoms with van der Waals surface area (Å²) in [4.78, 5) is 20.0. The van der Waals surface area contributed by atoms with Crippen LogP contribution in [0.3, 0.4) is 0 Å². The molecule has 1 aromatic rings. The van der Waals surface area contributed by atoms with Gasteiger partial charge in [0.1, 0.15) is 0 Å². The van der Waals surface area contributed by atoms with Gasteiger partial charge in [0.2, 0.25) is 5.75 Å². The van der Waals surface area contributed by atoms with Crippen LogP contribution >= 0.6 is 11.3 Å². The van der Waals surface area contributed by atoms with E-state index in [-0.39, 0.29) is 16.3 Å². The number of methoxy groups -OCH3 is 1. The van der Waals surface area contributed by atoms with Crippen molar-refractivity contribution >= 4 is 23.0 Å². The molecule has 0 unspecified atom stereocenters. The van der Waals surface area contributed by atoms with Gasteiger partial charge in [0.05, 0.1) is 17.4 Å². The molecule has 1 aromatic heterocycles. The molecule has 7 heteroatoms. The van der Waals surface area contributed by atoms with Gasteiger partial charge >= 0.3 is 11.7 Å². The van der Waals surface area contributed by atoms with Crippen molar-refractivity contribution in [2.45, 2.75) is 0 Å². The zero-order valence-electron chi connectivity index (χ0n) is 6.51. The summed E-state index contributed by atoms with van der Waals surface area (Å²) in [7, 11) is 1.20. The molecule has 0 spiro atoms. The second kappa shape index (κ2) is 3.40. The molecule has 0 amide bonds. The third kappa shape index (κ3) is 1.59. The van der Waals surface area contributed by atoms with Crippen LogP contribution in [0.1, 0.15) is 9.67 Å². The molecule has 0 radical (unpaired) electrons. The van der Waals surface area contributed by atoms with Gasteiger partial charge < -0.3 is 9.84 Å². The second-order valence-corrected chi connectivity index (χ2v) is 2.93. The van der Waals surface area contributed by atoms with Crippen LogP contribution in [-0.4, -0.2) is 23.1 Å². The molecule has 1 rings (SSSR count). The Morgan fingerprint density at radius 1 is 1.77 bits per heavy atom. The molecule has 0 bridgehead atoms. The number of carbonyl (C=O) groups is 1. The zero-order valence-corrected chi connectivity index (χ0v) is 7.33. The maximum absolute atomic E-state index is 10.5. The molecule has 0 aliphatic carbocycles. The number of thiophene rings is 1. The van der Waals surface area contributed by atoms with Crippen molar-refractivity contribution in [2.24, 2.45) is 0 Å². The van der Waals surface area contributed by atoms with E-state index < -0.39 is 10.9 Å². The van der Waals surface area contributed by atoms with Gasteiger partial charge in [-0.3, -0.25) is 10.1 Å². The van der Waals surface area contributed by atoms with Gasteiger partial charge in [-0.05, 0) is 0 Å². The number of ether oxygens (including phenoxy) is 1. The Morgan fingerprint density at radius 3 is 2.77 bits per heavy atom. The molecule has 70 valence electrons. The number of carboxylic acids is 1. The average molecular weight is 203 g/mol. The summed E-state index contributed by atoms with van der Waals surface area (Å²) in [6.07, 6.45) is 0. The third-order valence-corrected chi connectivity index (χ3v) is 2.26. The van der Waals surface area contributed by atoms with Crippen LogP contribution in [0, 0.1) is 10.1 Å². The van der Waals surface area contributed by atoms with E-state index in [2.05, 4.69) is 4.74 Å². The summed E-state index contributed by atoms with van der Waals surface area (Å²) < 4.78 is 4.63. The van der Waals surface area contributed by atoms with Crippen molar-refractivity contribution in [1.82, 2.24) is 0 Å². The van der Waals surface area contributed by atoms with Crippen molar-refractivity contribution < 1.29 is 19.6 Å². The summed E-state index contributed by atoms with van der Waals surface area (Å²) >= 11 is 0.771. The van der Waals surface area contributed by atoms with E-state index in [4.69, 9.17) is 5.11 Å². The first-order valence-corrected chi connectivity index (χ1v) is 3.99. The van der Waals surface area contributed by atoms with Gasteiger partial charge in [0.25, 0.3) is 0 Å². The predicted molar refractivity (Wildman–Crippen MR) is 44.5 cm³/mol. The molecule has 0 aromatic carbocycles. The zero-order chi connectivity index (χ0) is 10.0. The molecular weight excluding hydrogens is 198 g/mol. The van der Waals surface area contributed by atoms with Crippen molar-refractivity contribution in [1.29, 1.82) is 0 Å². The molecule has 0 saturated carbocycles. The van der Waals surface area contributed by atoms with E-state index in [0.717, 1.165) is 16.7 Å². The van der Waals surface area contributed by atoms with E-state index in [1.807, 2.05) is 0 Å². The molecule has 0 aliphatic heterocycles. The first-order valence-electron chi connectivity index (χ1n) is 3.11. The number of rotatable bonds is 3. The van der Waals surface area contributed by atoms with Crippen molar-refractivity contribution in [3.8, 4) is 5.75 Å². The molecule has 0 aliphatic rings. The Bertz CT molecular complexity index is 326. The van der Waals surface area contributed by atoms with Crippen LogP contribution in [-0.2, 0) is 0 Å². The summed E-state index contributed by atoms with van der Waals surface area (Å²) in [6, 6.07) is 0. The molecule has 0 fully saturated rings. The van der Waals surface area contributed by atoms with Gasteiger partial charge in [-0.25, -0.2) is 4.79 Å². The predicted octanol–water partition coefficient (Wildman–Crippen LogP) is 1.36. The SMILES string of the molecule is COc1c([N+](=O)[O-])csc1C(=O)O. The first-order chi connectivity index (χ1) is 6.07. The van der Waals surface area contributed by atoms with Gasteiger partial charge in [0, 0.05) is 0 Å². The lowest BCUT2D eigenvalue weighted by atomic mass is 10.4. The van der Waals surface area contributed by atoms with Crippen molar-refractivity contribution in [3.05, 3.63) is 20.4 Å². The quantitative estimate of drug-likeness (QED) is 0.591. The highest BCUT2D eigenvalue weighted by Crippen LogP contribution is 2.36. The fourth-order valence-corrected chi connectivity index (χ4v) is 1.63. The molecule has 0 atom stereocenters. The summed E-state index contributed by atoms with van der Waals surface area (Å²) in [5.41, 5.74) is -0.315. The Labute approximate surface area is 76.5 Å². The van der Waals surface area contributed by atoms with Crippen LogP contribution in [0.5, 0.6) is 5.75 Å². The fourth-order valence-electron chi connectivity index (χ4n) is 0.809. The highest BCUT2D eigenvalue weighted by molar-refractivity contribution is 7.12. The Balaban J connectivity index is 3.26.